The van der Waals surface area contributed by atoms with Gasteiger partial charge in [-0.2, -0.15) is 13.2 Å². The van der Waals surface area contributed by atoms with Crippen molar-refractivity contribution in [3.8, 4) is 0 Å². The predicted octanol–water partition coefficient (Wildman–Crippen LogP) is 8.54. The van der Waals surface area contributed by atoms with Crippen molar-refractivity contribution in [2.24, 2.45) is 0 Å². The van der Waals surface area contributed by atoms with Gasteiger partial charge in [-0.1, -0.05) is 73.7 Å². The lowest BCUT2D eigenvalue weighted by molar-refractivity contribution is -0.135. The number of aliphatic hydroxyl groups excluding tert-OH is 1. The first kappa shape index (κ1) is 29.9. The van der Waals surface area contributed by atoms with E-state index < -0.39 is 12.6 Å². The first-order valence-electron chi connectivity index (χ1n) is 13.7. The fourth-order valence-corrected chi connectivity index (χ4v) is 5.08. The van der Waals surface area contributed by atoms with E-state index in [1.807, 2.05) is 0 Å². The van der Waals surface area contributed by atoms with Gasteiger partial charge in [0.1, 0.15) is 0 Å². The van der Waals surface area contributed by atoms with Crippen LogP contribution in [-0.4, -0.2) is 31.6 Å². The summed E-state index contributed by atoms with van der Waals surface area (Å²) in [6.45, 7) is 6.80. The van der Waals surface area contributed by atoms with Gasteiger partial charge >= 0.3 is 6.18 Å². The Balaban J connectivity index is 1.70. The van der Waals surface area contributed by atoms with Crippen LogP contribution in [0.1, 0.15) is 79.2 Å². The Morgan fingerprint density at radius 1 is 1.03 bits per heavy atom. The van der Waals surface area contributed by atoms with Gasteiger partial charge in [-0.15, -0.1) is 0 Å². The number of benzene rings is 2. The van der Waals surface area contributed by atoms with Crippen molar-refractivity contribution >= 4 is 5.57 Å². The largest absolute Gasteiger partial charge is 0.392 e. The summed E-state index contributed by atoms with van der Waals surface area (Å²) in [6, 6.07) is 15.1. The molecule has 0 saturated heterocycles. The lowest BCUT2D eigenvalue weighted by atomic mass is 9.81. The lowest BCUT2D eigenvalue weighted by Crippen LogP contribution is -2.07. The highest BCUT2D eigenvalue weighted by molar-refractivity contribution is 5.80. The highest BCUT2D eigenvalue weighted by Gasteiger charge is 2.25. The highest BCUT2D eigenvalue weighted by atomic mass is 19.4. The van der Waals surface area contributed by atoms with Crippen LogP contribution in [0.5, 0.6) is 0 Å². The number of rotatable bonds is 14. The van der Waals surface area contributed by atoms with Gasteiger partial charge in [0.05, 0.1) is 13.2 Å². The predicted molar refractivity (Wildman–Crippen MR) is 150 cm³/mol. The number of aliphatic hydroxyl groups is 1. The van der Waals surface area contributed by atoms with Gasteiger partial charge in [-0.3, -0.25) is 0 Å². The molecule has 1 aliphatic carbocycles. The molecular formula is C33H41F3O2. The zero-order valence-electron chi connectivity index (χ0n) is 22.7. The third-order valence-corrected chi connectivity index (χ3v) is 7.35. The van der Waals surface area contributed by atoms with Crippen molar-refractivity contribution in [2.45, 2.75) is 76.8 Å². The number of hydrogen-bond donors (Lipinski definition) is 1. The van der Waals surface area contributed by atoms with Crippen LogP contribution < -0.4 is 0 Å². The summed E-state index contributed by atoms with van der Waals surface area (Å²) in [4.78, 5) is 0. The van der Waals surface area contributed by atoms with Crippen LogP contribution in [-0.2, 0) is 24.0 Å². The Hall–Kier alpha value is -2.63. The van der Waals surface area contributed by atoms with E-state index in [-0.39, 0.29) is 13.0 Å². The summed E-state index contributed by atoms with van der Waals surface area (Å²) in [5.74, 6) is 0.310. The molecule has 38 heavy (non-hydrogen) atoms. The van der Waals surface area contributed by atoms with E-state index in [0.29, 0.717) is 25.4 Å². The van der Waals surface area contributed by atoms with E-state index in [9.17, 15) is 18.3 Å². The number of unbranched alkanes of at least 4 members (excludes halogenated alkanes) is 1. The molecule has 2 aromatic rings. The Morgan fingerprint density at radius 3 is 2.45 bits per heavy atom. The fraction of sp³-hybridized carbons (Fsp3) is 0.455. The molecule has 1 atom stereocenters. The van der Waals surface area contributed by atoms with Crippen molar-refractivity contribution in [3.05, 3.63) is 100 Å². The minimum absolute atomic E-state index is 0.0253. The van der Waals surface area contributed by atoms with Gasteiger partial charge < -0.3 is 9.84 Å². The van der Waals surface area contributed by atoms with E-state index >= 15 is 0 Å². The minimum Gasteiger partial charge on any atom is -0.392 e. The summed E-state index contributed by atoms with van der Waals surface area (Å²) < 4.78 is 42.5. The molecule has 5 heteroatoms. The number of halogens is 3. The maximum Gasteiger partial charge on any atom is 0.389 e. The molecule has 0 fully saturated rings. The summed E-state index contributed by atoms with van der Waals surface area (Å²) in [5.41, 5.74) is 9.55. The molecule has 1 unspecified atom stereocenters. The van der Waals surface area contributed by atoms with Crippen LogP contribution in [0.3, 0.4) is 0 Å². The van der Waals surface area contributed by atoms with Crippen molar-refractivity contribution in [1.82, 2.24) is 0 Å². The quantitative estimate of drug-likeness (QED) is 0.197. The number of alkyl halides is 3. The van der Waals surface area contributed by atoms with Crippen LogP contribution in [0.4, 0.5) is 13.2 Å². The lowest BCUT2D eigenvalue weighted by Gasteiger charge is -2.23. The van der Waals surface area contributed by atoms with E-state index in [4.69, 9.17) is 4.74 Å². The van der Waals surface area contributed by atoms with E-state index in [1.165, 1.54) is 27.8 Å². The second-order valence-electron chi connectivity index (χ2n) is 10.2. The van der Waals surface area contributed by atoms with Gasteiger partial charge in [0.25, 0.3) is 0 Å². The molecule has 0 radical (unpaired) electrons. The zero-order valence-corrected chi connectivity index (χ0v) is 22.7. The van der Waals surface area contributed by atoms with E-state index in [1.54, 1.807) is 7.11 Å². The average Bonchev–Trinajstić information content (AvgIpc) is 2.92. The summed E-state index contributed by atoms with van der Waals surface area (Å²) in [5, 5.41) is 9.31. The second-order valence-corrected chi connectivity index (χ2v) is 10.2. The van der Waals surface area contributed by atoms with E-state index in [0.717, 1.165) is 48.8 Å². The maximum absolute atomic E-state index is 12.4. The molecule has 1 aliphatic rings. The number of allylic oxidation sites excluding steroid dienone is 4. The SMILES string of the molecule is C=C(CO)CCc1ccc(C2C=C(CC)C(c3ccc(CCCCC(F)(F)F)cc3)=CC2)cc1CCOC. The molecular weight excluding hydrogens is 485 g/mol. The molecule has 0 spiro atoms. The van der Waals surface area contributed by atoms with Crippen LogP contribution in [0, 0.1) is 0 Å². The van der Waals surface area contributed by atoms with Crippen LogP contribution in [0.15, 0.2) is 72.3 Å². The standard InChI is InChI=1S/C33H41F3O2/c1-4-26-21-30(29-15-14-27(11-8-24(2)23-37)31(22-29)18-20-38-3)16-17-32(26)28-12-9-25(10-13-28)7-5-6-19-33(34,35)36/h9-10,12-15,17,21-22,30,37H,2,4-8,11,16,18-20,23H2,1,3H3. The number of hydrogen-bond acceptors (Lipinski definition) is 2. The molecule has 0 amide bonds. The van der Waals surface area contributed by atoms with Gasteiger partial charge in [-0.05, 0) is 90.3 Å². The first-order chi connectivity index (χ1) is 18.2. The van der Waals surface area contributed by atoms with Gasteiger partial charge in [0, 0.05) is 19.4 Å². The third kappa shape index (κ3) is 8.99. The molecule has 1 N–H and O–H groups in total. The van der Waals surface area contributed by atoms with Crippen molar-refractivity contribution < 1.29 is 23.0 Å². The molecule has 0 aliphatic heterocycles. The van der Waals surface area contributed by atoms with Gasteiger partial charge in [-0.25, -0.2) is 0 Å². The molecule has 2 nitrogen and oxygen atoms in total. The van der Waals surface area contributed by atoms with Crippen molar-refractivity contribution in [2.75, 3.05) is 20.3 Å². The van der Waals surface area contributed by atoms with Crippen LogP contribution in [0.2, 0.25) is 0 Å². The monoisotopic (exact) mass is 526 g/mol. The van der Waals surface area contributed by atoms with E-state index in [2.05, 4.69) is 68.1 Å². The molecule has 3 rings (SSSR count). The van der Waals surface area contributed by atoms with Gasteiger partial charge in [0.15, 0.2) is 0 Å². The topological polar surface area (TPSA) is 29.5 Å². The Kier molecular flexibility index (Phi) is 11.4. The maximum atomic E-state index is 12.4. The molecule has 0 saturated carbocycles. The van der Waals surface area contributed by atoms with Crippen LogP contribution >= 0.6 is 0 Å². The smallest absolute Gasteiger partial charge is 0.389 e. The zero-order chi connectivity index (χ0) is 27.5. The molecule has 206 valence electrons. The van der Waals surface area contributed by atoms with Crippen molar-refractivity contribution in [1.29, 1.82) is 0 Å². The van der Waals surface area contributed by atoms with Crippen LogP contribution in [0.25, 0.3) is 5.57 Å². The normalized spacial score (nSPS) is 15.8. The number of ether oxygens (including phenoxy) is 1. The molecule has 0 aromatic heterocycles. The second kappa shape index (κ2) is 14.5. The summed E-state index contributed by atoms with van der Waals surface area (Å²) in [7, 11) is 1.72. The molecule has 2 aromatic carbocycles. The summed E-state index contributed by atoms with van der Waals surface area (Å²) >= 11 is 0. The molecule has 0 heterocycles. The average molecular weight is 527 g/mol. The Bertz CT molecular complexity index is 1110. The fourth-order valence-electron chi connectivity index (χ4n) is 5.08. The highest BCUT2D eigenvalue weighted by Crippen LogP contribution is 2.37. The minimum atomic E-state index is -4.07. The van der Waals surface area contributed by atoms with Crippen molar-refractivity contribution in [3.63, 3.8) is 0 Å². The Labute approximate surface area is 225 Å². The Morgan fingerprint density at radius 2 is 1.79 bits per heavy atom. The third-order valence-electron chi connectivity index (χ3n) is 7.35. The summed E-state index contributed by atoms with van der Waals surface area (Å²) in [6.07, 6.45) is 5.67. The molecule has 0 bridgehead atoms. The first-order valence-corrected chi connectivity index (χ1v) is 13.7. The number of methoxy groups -OCH3 is 1. The number of aryl methyl sites for hydroxylation is 2. The van der Waals surface area contributed by atoms with Gasteiger partial charge in [0.2, 0.25) is 0 Å².